The maximum atomic E-state index is 11.5. The minimum Gasteiger partial charge on any atom is -0.287 e. The number of rotatable bonds is 5. The normalized spacial score (nSPS) is 12.6. The van der Waals surface area contributed by atoms with Crippen LogP contribution in [0.2, 0.25) is 0 Å². The van der Waals surface area contributed by atoms with Crippen LogP contribution in [-0.2, 0) is 16.0 Å². The second-order valence-corrected chi connectivity index (χ2v) is 6.20. The predicted molar refractivity (Wildman–Crippen MR) is 84.3 cm³/mol. The number of aromatic nitrogens is 1. The van der Waals surface area contributed by atoms with E-state index in [4.69, 9.17) is 0 Å². The Morgan fingerprint density at radius 3 is 2.68 bits per heavy atom. The lowest BCUT2D eigenvalue weighted by atomic mass is 10.1. The van der Waals surface area contributed by atoms with E-state index in [1.165, 1.54) is 16.9 Å². The van der Waals surface area contributed by atoms with Gasteiger partial charge in [-0.05, 0) is 24.1 Å². The Bertz CT molecular complexity index is 636. The molecular formula is C13H13NO2S3. The molecular weight excluding hydrogens is 298 g/mol. The maximum absolute atomic E-state index is 11.5. The molecule has 0 spiro atoms. The first kappa shape index (κ1) is 14.6. The molecule has 100 valence electrons. The van der Waals surface area contributed by atoms with Gasteiger partial charge in [-0.15, -0.1) is 36.6 Å². The third-order valence-corrected chi connectivity index (χ3v) is 4.48. The molecule has 0 aliphatic heterocycles. The lowest BCUT2D eigenvalue weighted by molar-refractivity contribution is -0.116. The molecule has 3 nitrogen and oxygen atoms in total. The van der Waals surface area contributed by atoms with Gasteiger partial charge in [-0.2, -0.15) is 0 Å². The van der Waals surface area contributed by atoms with Gasteiger partial charge in [0.15, 0.2) is 10.2 Å². The van der Waals surface area contributed by atoms with Gasteiger partial charge in [0.25, 0.3) is 0 Å². The number of nitrogens with zero attached hydrogens (tertiary/aromatic N) is 1. The number of thiazole rings is 1. The zero-order valence-electron chi connectivity index (χ0n) is 10.3. The fraction of sp³-hybridized carbons (Fsp3) is 0.308. The van der Waals surface area contributed by atoms with Crippen molar-refractivity contribution < 1.29 is 9.59 Å². The highest BCUT2D eigenvalue weighted by atomic mass is 32.1. The second kappa shape index (κ2) is 6.07. The van der Waals surface area contributed by atoms with E-state index in [9.17, 15) is 9.59 Å². The molecule has 0 aliphatic carbocycles. The Labute approximate surface area is 126 Å². The fourth-order valence-corrected chi connectivity index (χ4v) is 3.42. The van der Waals surface area contributed by atoms with Crippen molar-refractivity contribution in [3.63, 3.8) is 0 Å². The van der Waals surface area contributed by atoms with Crippen molar-refractivity contribution in [2.75, 3.05) is 0 Å². The highest BCUT2D eigenvalue weighted by Crippen LogP contribution is 2.32. The summed E-state index contributed by atoms with van der Waals surface area (Å²) in [5.41, 5.74) is 2.07. The average Bonchev–Trinajstić information content (AvgIpc) is 2.77. The number of fused-ring (bicyclic) bond motifs is 1. The summed E-state index contributed by atoms with van der Waals surface area (Å²) in [5, 5.41) is -0.0521. The Kier molecular flexibility index (Phi) is 4.65. The molecule has 1 aromatic heterocycles. The SMILES string of the molecule is CCc1ccc2nc(C(CC(=O)S)C(=O)S)sc2c1. The number of hydrogen-bond donors (Lipinski definition) is 2. The summed E-state index contributed by atoms with van der Waals surface area (Å²) >= 11 is 9.01. The number of carbonyl (C=O) groups excluding carboxylic acids is 2. The largest absolute Gasteiger partial charge is 0.287 e. The van der Waals surface area contributed by atoms with Gasteiger partial charge in [-0.25, -0.2) is 4.98 Å². The van der Waals surface area contributed by atoms with E-state index in [0.29, 0.717) is 5.01 Å². The Morgan fingerprint density at radius 1 is 1.37 bits per heavy atom. The van der Waals surface area contributed by atoms with Crippen molar-refractivity contribution in [2.24, 2.45) is 0 Å². The Hall–Kier alpha value is -0.850. The molecule has 1 unspecified atom stereocenters. The van der Waals surface area contributed by atoms with E-state index in [2.05, 4.69) is 43.2 Å². The molecule has 2 rings (SSSR count). The van der Waals surface area contributed by atoms with Gasteiger partial charge >= 0.3 is 0 Å². The molecule has 1 aromatic carbocycles. The number of benzene rings is 1. The molecule has 0 aliphatic rings. The smallest absolute Gasteiger partial charge is 0.196 e. The minimum atomic E-state index is -0.601. The Morgan fingerprint density at radius 2 is 2.11 bits per heavy atom. The van der Waals surface area contributed by atoms with Crippen LogP contribution in [0.3, 0.4) is 0 Å². The molecule has 2 aromatic rings. The van der Waals surface area contributed by atoms with Crippen LogP contribution in [0.15, 0.2) is 18.2 Å². The first-order valence-electron chi connectivity index (χ1n) is 5.85. The zero-order chi connectivity index (χ0) is 14.0. The van der Waals surface area contributed by atoms with Crippen molar-refractivity contribution in [2.45, 2.75) is 25.7 Å². The van der Waals surface area contributed by atoms with Crippen LogP contribution in [0.1, 0.15) is 29.8 Å². The Balaban J connectivity index is 2.42. The quantitative estimate of drug-likeness (QED) is 0.833. The summed E-state index contributed by atoms with van der Waals surface area (Å²) in [4.78, 5) is 27.1. The van der Waals surface area contributed by atoms with Crippen LogP contribution in [0, 0.1) is 0 Å². The van der Waals surface area contributed by atoms with Gasteiger partial charge in [0.2, 0.25) is 0 Å². The average molecular weight is 311 g/mol. The van der Waals surface area contributed by atoms with E-state index in [1.54, 1.807) is 0 Å². The molecule has 0 saturated heterocycles. The van der Waals surface area contributed by atoms with Crippen LogP contribution < -0.4 is 0 Å². The van der Waals surface area contributed by atoms with Crippen molar-refractivity contribution in [1.82, 2.24) is 4.98 Å². The second-order valence-electron chi connectivity index (χ2n) is 4.20. The van der Waals surface area contributed by atoms with Crippen LogP contribution >= 0.6 is 36.6 Å². The summed E-state index contributed by atoms with van der Waals surface area (Å²) in [6.45, 7) is 2.09. The molecule has 1 atom stereocenters. The molecule has 19 heavy (non-hydrogen) atoms. The van der Waals surface area contributed by atoms with Crippen molar-refractivity contribution in [3.8, 4) is 0 Å². The molecule has 0 N–H and O–H groups in total. The van der Waals surface area contributed by atoms with Gasteiger partial charge in [0, 0.05) is 6.42 Å². The number of thiol groups is 2. The highest BCUT2D eigenvalue weighted by Gasteiger charge is 2.23. The number of hydrogen-bond acceptors (Lipinski definition) is 4. The lowest BCUT2D eigenvalue weighted by Gasteiger charge is -2.06. The maximum Gasteiger partial charge on any atom is 0.196 e. The molecule has 0 amide bonds. The molecule has 0 radical (unpaired) electrons. The number of aryl methyl sites for hydroxylation is 1. The fourth-order valence-electron chi connectivity index (χ4n) is 1.81. The molecule has 0 fully saturated rings. The molecule has 1 heterocycles. The third kappa shape index (κ3) is 3.38. The first-order valence-corrected chi connectivity index (χ1v) is 7.56. The van der Waals surface area contributed by atoms with Gasteiger partial charge < -0.3 is 0 Å². The molecule has 6 heteroatoms. The highest BCUT2D eigenvalue weighted by molar-refractivity contribution is 7.97. The van der Waals surface area contributed by atoms with E-state index >= 15 is 0 Å². The van der Waals surface area contributed by atoms with Crippen LogP contribution in [0.5, 0.6) is 0 Å². The number of carbonyl (C=O) groups is 2. The topological polar surface area (TPSA) is 47.0 Å². The summed E-state index contributed by atoms with van der Waals surface area (Å²) in [5.74, 6) is -0.601. The molecule has 0 bridgehead atoms. The van der Waals surface area contributed by atoms with E-state index in [1.807, 2.05) is 12.1 Å². The standard InChI is InChI=1S/C13H13NO2S3/c1-2-7-3-4-9-10(5-7)19-12(14-9)8(13(16)18)6-11(15)17/h3-5,8H,2,6H2,1H3,(H,15,17)(H,16,18). The van der Waals surface area contributed by atoms with Crippen LogP contribution in [-0.4, -0.2) is 15.2 Å². The summed E-state index contributed by atoms with van der Waals surface area (Å²) in [6.07, 6.45) is 0.985. The molecule has 0 saturated carbocycles. The minimum absolute atomic E-state index is 0.0336. The van der Waals surface area contributed by atoms with Gasteiger partial charge in [-0.1, -0.05) is 13.0 Å². The van der Waals surface area contributed by atoms with Gasteiger partial charge in [-0.3, -0.25) is 9.59 Å². The van der Waals surface area contributed by atoms with Crippen molar-refractivity contribution in [3.05, 3.63) is 28.8 Å². The van der Waals surface area contributed by atoms with E-state index in [-0.39, 0.29) is 16.7 Å². The summed E-state index contributed by atoms with van der Waals surface area (Å²) < 4.78 is 1.03. The van der Waals surface area contributed by atoms with Gasteiger partial charge in [0.1, 0.15) is 5.01 Å². The van der Waals surface area contributed by atoms with Crippen LogP contribution in [0.25, 0.3) is 10.2 Å². The third-order valence-electron chi connectivity index (χ3n) is 2.85. The van der Waals surface area contributed by atoms with Crippen molar-refractivity contribution >= 4 is 57.0 Å². The zero-order valence-corrected chi connectivity index (χ0v) is 12.9. The predicted octanol–water partition coefficient (Wildman–Crippen LogP) is 3.25. The summed E-state index contributed by atoms with van der Waals surface area (Å²) in [7, 11) is 0. The van der Waals surface area contributed by atoms with Crippen molar-refractivity contribution in [1.29, 1.82) is 0 Å². The van der Waals surface area contributed by atoms with E-state index in [0.717, 1.165) is 16.6 Å². The first-order chi connectivity index (χ1) is 9.01. The summed E-state index contributed by atoms with van der Waals surface area (Å²) in [6, 6.07) is 6.03. The van der Waals surface area contributed by atoms with Gasteiger partial charge in [0.05, 0.1) is 16.1 Å². The monoisotopic (exact) mass is 311 g/mol. The van der Waals surface area contributed by atoms with Crippen LogP contribution in [0.4, 0.5) is 0 Å². The van der Waals surface area contributed by atoms with E-state index < -0.39 is 5.92 Å². The lowest BCUT2D eigenvalue weighted by Crippen LogP contribution is -2.09.